The van der Waals surface area contributed by atoms with Gasteiger partial charge in [-0.2, -0.15) is 0 Å². The van der Waals surface area contributed by atoms with Crippen molar-refractivity contribution in [2.45, 2.75) is 17.9 Å². The van der Waals surface area contributed by atoms with E-state index >= 15 is 0 Å². The fourth-order valence-electron chi connectivity index (χ4n) is 1.46. The van der Waals surface area contributed by atoms with E-state index in [0.29, 0.717) is 0 Å². The number of aliphatic hydroxyl groups is 1. The van der Waals surface area contributed by atoms with Crippen molar-refractivity contribution in [2.24, 2.45) is 0 Å². The van der Waals surface area contributed by atoms with Crippen LogP contribution in [0.25, 0.3) is 0 Å². The van der Waals surface area contributed by atoms with E-state index in [0.717, 1.165) is 6.07 Å². The highest BCUT2D eigenvalue weighted by molar-refractivity contribution is 7.89. The van der Waals surface area contributed by atoms with Gasteiger partial charge in [-0.05, 0) is 24.6 Å². The molecule has 1 rings (SSSR count). The molecule has 1 aromatic rings. The first-order chi connectivity index (χ1) is 8.77. The summed E-state index contributed by atoms with van der Waals surface area (Å²) in [6.07, 6.45) is -0.960. The zero-order valence-electron chi connectivity index (χ0n) is 10.7. The first-order valence-electron chi connectivity index (χ1n) is 5.50. The highest BCUT2D eigenvalue weighted by Gasteiger charge is 2.18. The number of benzene rings is 1. The molecule has 108 valence electrons. The van der Waals surface area contributed by atoms with Crippen molar-refractivity contribution in [1.29, 1.82) is 0 Å². The van der Waals surface area contributed by atoms with Crippen LogP contribution in [0.15, 0.2) is 17.0 Å². The Hall–Kier alpha value is -1.22. The van der Waals surface area contributed by atoms with Gasteiger partial charge in [-0.3, -0.25) is 0 Å². The summed E-state index contributed by atoms with van der Waals surface area (Å²) in [6, 6.07) is 2.21. The lowest BCUT2D eigenvalue weighted by atomic mass is 10.2. The van der Waals surface area contributed by atoms with Crippen LogP contribution in [0.2, 0.25) is 0 Å². The van der Waals surface area contributed by atoms with Crippen molar-refractivity contribution < 1.29 is 22.7 Å². The minimum Gasteiger partial charge on any atom is -0.396 e. The molecule has 0 aliphatic rings. The fourth-order valence-corrected chi connectivity index (χ4v) is 2.65. The summed E-state index contributed by atoms with van der Waals surface area (Å²) in [6.45, 7) is 1.23. The Bertz CT molecular complexity index is 525. The molecule has 0 saturated carbocycles. The number of methoxy groups -OCH3 is 1. The molecule has 0 saturated heterocycles. The van der Waals surface area contributed by atoms with Crippen LogP contribution in [-0.2, 0) is 14.8 Å². The van der Waals surface area contributed by atoms with Crippen LogP contribution < -0.4 is 10.5 Å². The quantitative estimate of drug-likeness (QED) is 0.641. The van der Waals surface area contributed by atoms with Crippen molar-refractivity contribution in [1.82, 2.24) is 4.72 Å². The molecule has 4 N–H and O–H groups in total. The van der Waals surface area contributed by atoms with Gasteiger partial charge in [0, 0.05) is 13.7 Å². The van der Waals surface area contributed by atoms with Gasteiger partial charge in [0.25, 0.3) is 0 Å². The number of hydrogen-bond donors (Lipinski definition) is 3. The molecule has 8 heteroatoms. The number of ether oxygens (including phenoxy) is 1. The third-order valence-electron chi connectivity index (χ3n) is 2.43. The molecule has 0 aliphatic carbocycles. The molecule has 6 nitrogen and oxygen atoms in total. The standard InChI is InChI=1S/C11H17FN2O4S/c1-7-3-9(4-10(13)11(7)12)19(16,17)14-5-8(15)6-18-2/h3-4,8,14-15H,5-6,13H2,1-2H3. The highest BCUT2D eigenvalue weighted by Crippen LogP contribution is 2.20. The summed E-state index contributed by atoms with van der Waals surface area (Å²) in [7, 11) is -2.46. The lowest BCUT2D eigenvalue weighted by molar-refractivity contribution is 0.0679. The maximum Gasteiger partial charge on any atom is 0.240 e. The largest absolute Gasteiger partial charge is 0.396 e. The predicted molar refractivity (Wildman–Crippen MR) is 68.6 cm³/mol. The predicted octanol–water partition coefficient (Wildman–Crippen LogP) is 0.00192. The Balaban J connectivity index is 2.89. The molecule has 0 aromatic heterocycles. The molecular formula is C11H17FN2O4S. The van der Waals surface area contributed by atoms with Crippen molar-refractivity contribution in [3.63, 3.8) is 0 Å². The summed E-state index contributed by atoms with van der Waals surface area (Å²) >= 11 is 0. The molecule has 1 unspecified atom stereocenters. The van der Waals surface area contributed by atoms with Crippen LogP contribution in [0.5, 0.6) is 0 Å². The first-order valence-corrected chi connectivity index (χ1v) is 6.98. The van der Waals surface area contributed by atoms with Crippen molar-refractivity contribution in [3.05, 3.63) is 23.5 Å². The van der Waals surface area contributed by atoms with Crippen LogP contribution >= 0.6 is 0 Å². The molecule has 1 aromatic carbocycles. The van der Waals surface area contributed by atoms with Crippen LogP contribution in [0.4, 0.5) is 10.1 Å². The summed E-state index contributed by atoms with van der Waals surface area (Å²) in [5.41, 5.74) is 5.28. The second-order valence-corrected chi connectivity index (χ2v) is 5.87. The minimum absolute atomic E-state index is 0.00705. The Labute approximate surface area is 111 Å². The zero-order chi connectivity index (χ0) is 14.6. The summed E-state index contributed by atoms with van der Waals surface area (Å²) in [5.74, 6) is -0.640. The Morgan fingerprint density at radius 3 is 2.68 bits per heavy atom. The van der Waals surface area contributed by atoms with E-state index in [2.05, 4.69) is 9.46 Å². The van der Waals surface area contributed by atoms with E-state index in [-0.39, 0.29) is 29.3 Å². The molecule has 0 heterocycles. The smallest absolute Gasteiger partial charge is 0.240 e. The van der Waals surface area contributed by atoms with Crippen LogP contribution in [0, 0.1) is 12.7 Å². The van der Waals surface area contributed by atoms with E-state index in [4.69, 9.17) is 5.73 Å². The topological polar surface area (TPSA) is 102 Å². The average Bonchev–Trinajstić information content (AvgIpc) is 2.33. The molecule has 0 fully saturated rings. The molecule has 0 radical (unpaired) electrons. The summed E-state index contributed by atoms with van der Waals surface area (Å²) < 4.78 is 44.0. The molecule has 19 heavy (non-hydrogen) atoms. The summed E-state index contributed by atoms with van der Waals surface area (Å²) in [5, 5.41) is 9.38. The molecular weight excluding hydrogens is 275 g/mol. The Kier molecular flexibility index (Phi) is 5.24. The third kappa shape index (κ3) is 4.13. The van der Waals surface area contributed by atoms with Crippen molar-refractivity contribution in [3.8, 4) is 0 Å². The maximum atomic E-state index is 13.3. The van der Waals surface area contributed by atoms with Gasteiger partial charge in [-0.25, -0.2) is 17.5 Å². The molecule has 0 bridgehead atoms. The number of nitrogens with one attached hydrogen (secondary N) is 1. The number of aryl methyl sites for hydroxylation is 1. The van der Waals surface area contributed by atoms with Gasteiger partial charge in [0.2, 0.25) is 10.0 Å². The Morgan fingerprint density at radius 1 is 1.53 bits per heavy atom. The third-order valence-corrected chi connectivity index (χ3v) is 3.84. The Morgan fingerprint density at radius 2 is 2.16 bits per heavy atom. The maximum absolute atomic E-state index is 13.3. The first kappa shape index (κ1) is 15.8. The van der Waals surface area contributed by atoms with E-state index in [9.17, 15) is 17.9 Å². The normalized spacial score (nSPS) is 13.5. The monoisotopic (exact) mass is 292 g/mol. The molecule has 1 atom stereocenters. The van der Waals surface area contributed by atoms with Crippen molar-refractivity contribution in [2.75, 3.05) is 26.0 Å². The lowest BCUT2D eigenvalue weighted by Crippen LogP contribution is -2.34. The number of anilines is 1. The van der Waals surface area contributed by atoms with Gasteiger partial charge in [0.05, 0.1) is 23.3 Å². The van der Waals surface area contributed by atoms with Crippen LogP contribution in [0.1, 0.15) is 5.56 Å². The van der Waals surface area contributed by atoms with E-state index < -0.39 is 21.9 Å². The zero-order valence-corrected chi connectivity index (χ0v) is 11.5. The van der Waals surface area contributed by atoms with E-state index in [1.54, 1.807) is 0 Å². The number of aliphatic hydroxyl groups excluding tert-OH is 1. The van der Waals surface area contributed by atoms with Gasteiger partial charge in [-0.1, -0.05) is 0 Å². The molecule has 0 spiro atoms. The second-order valence-electron chi connectivity index (χ2n) is 4.10. The van der Waals surface area contributed by atoms with E-state index in [1.165, 1.54) is 20.1 Å². The number of rotatable bonds is 6. The van der Waals surface area contributed by atoms with Crippen LogP contribution in [0.3, 0.4) is 0 Å². The SMILES string of the molecule is COCC(O)CNS(=O)(=O)c1cc(C)c(F)c(N)c1. The highest BCUT2D eigenvalue weighted by atomic mass is 32.2. The van der Waals surface area contributed by atoms with Gasteiger partial charge < -0.3 is 15.6 Å². The van der Waals surface area contributed by atoms with Gasteiger partial charge in [0.1, 0.15) is 5.82 Å². The van der Waals surface area contributed by atoms with Gasteiger partial charge in [0.15, 0.2) is 0 Å². The minimum atomic E-state index is -3.85. The van der Waals surface area contributed by atoms with Crippen molar-refractivity contribution >= 4 is 15.7 Å². The van der Waals surface area contributed by atoms with Crippen LogP contribution in [-0.4, -0.2) is 39.9 Å². The van der Waals surface area contributed by atoms with E-state index in [1.807, 2.05) is 0 Å². The summed E-state index contributed by atoms with van der Waals surface area (Å²) in [4.78, 5) is -0.145. The van der Waals surface area contributed by atoms with Gasteiger partial charge in [-0.15, -0.1) is 0 Å². The van der Waals surface area contributed by atoms with Gasteiger partial charge >= 0.3 is 0 Å². The number of hydrogen-bond acceptors (Lipinski definition) is 5. The molecule has 0 amide bonds. The lowest BCUT2D eigenvalue weighted by Gasteiger charge is -2.12. The fraction of sp³-hybridized carbons (Fsp3) is 0.455. The number of nitrogens with two attached hydrogens (primary N) is 1. The molecule has 0 aliphatic heterocycles. The second kappa shape index (κ2) is 6.29. The number of sulfonamides is 1. The number of halogens is 1. The average molecular weight is 292 g/mol. The number of nitrogen functional groups attached to an aromatic ring is 1.